The summed E-state index contributed by atoms with van der Waals surface area (Å²) >= 11 is 6.83. The quantitative estimate of drug-likeness (QED) is 0.220. The molecule has 11 heteroatoms. The zero-order valence-electron chi connectivity index (χ0n) is 25.0. The third-order valence-electron chi connectivity index (χ3n) is 8.00. The van der Waals surface area contributed by atoms with Crippen LogP contribution in [0.15, 0.2) is 58.2 Å². The Kier molecular flexibility index (Phi) is 9.71. The summed E-state index contributed by atoms with van der Waals surface area (Å²) in [6.45, 7) is 6.72. The molecule has 3 aromatic rings. The lowest BCUT2D eigenvalue weighted by Gasteiger charge is -2.39. The number of rotatable bonds is 9. The smallest absolute Gasteiger partial charge is 0.270 e. The Morgan fingerprint density at radius 1 is 1.07 bits per heavy atom. The van der Waals surface area contributed by atoms with Gasteiger partial charge in [0.15, 0.2) is 0 Å². The van der Waals surface area contributed by atoms with E-state index in [1.807, 2.05) is 42.2 Å². The van der Waals surface area contributed by atoms with Crippen LogP contribution in [0.2, 0.25) is 0 Å². The van der Waals surface area contributed by atoms with Gasteiger partial charge < -0.3 is 14.5 Å². The fourth-order valence-electron chi connectivity index (χ4n) is 5.56. The largest absolute Gasteiger partial charge is 0.497 e. The van der Waals surface area contributed by atoms with Gasteiger partial charge in [-0.15, -0.1) is 0 Å². The van der Waals surface area contributed by atoms with Gasteiger partial charge in [-0.1, -0.05) is 61.6 Å². The SMILES string of the molecule is CCCCn1c(N2CCN(c3ccccc3F)CC2)c(C=C2SC(=S)N(Cc3ccc(OC)cc3)C2=O)c(C)c(C#N)c1=O. The minimum atomic E-state index is -0.339. The molecule has 2 fully saturated rings. The molecule has 0 radical (unpaired) electrons. The Balaban J connectivity index is 1.53. The number of para-hydroxylation sites is 1. The average Bonchev–Trinajstić information content (AvgIpc) is 3.30. The Morgan fingerprint density at radius 3 is 2.39 bits per heavy atom. The fraction of sp³-hybridized carbons (Fsp3) is 0.333. The molecule has 0 saturated carbocycles. The van der Waals surface area contributed by atoms with E-state index in [9.17, 15) is 19.2 Å². The minimum Gasteiger partial charge on any atom is -0.497 e. The van der Waals surface area contributed by atoms with E-state index in [-0.39, 0.29) is 22.8 Å². The number of halogens is 1. The topological polar surface area (TPSA) is 81.8 Å². The van der Waals surface area contributed by atoms with Crippen LogP contribution in [0.25, 0.3) is 6.08 Å². The maximum absolute atomic E-state index is 14.6. The number of ether oxygens (including phenoxy) is 1. The van der Waals surface area contributed by atoms with Crippen LogP contribution in [0.3, 0.4) is 0 Å². The second kappa shape index (κ2) is 13.7. The highest BCUT2D eigenvalue weighted by Crippen LogP contribution is 2.37. The number of thiocarbonyl (C=S) groups is 1. The van der Waals surface area contributed by atoms with Crippen molar-refractivity contribution >= 4 is 51.8 Å². The molecule has 44 heavy (non-hydrogen) atoms. The van der Waals surface area contributed by atoms with E-state index in [2.05, 4.69) is 11.0 Å². The van der Waals surface area contributed by atoms with Gasteiger partial charge in [-0.2, -0.15) is 5.26 Å². The van der Waals surface area contributed by atoms with Gasteiger partial charge in [0.25, 0.3) is 11.5 Å². The molecule has 0 bridgehead atoms. The van der Waals surface area contributed by atoms with Crippen LogP contribution < -0.4 is 20.1 Å². The number of benzene rings is 2. The van der Waals surface area contributed by atoms with Crippen molar-refractivity contribution in [2.45, 2.75) is 39.8 Å². The first-order chi connectivity index (χ1) is 21.3. The number of hydrogen-bond acceptors (Lipinski definition) is 8. The molecule has 8 nitrogen and oxygen atoms in total. The molecule has 0 atom stereocenters. The molecule has 0 N–H and O–H groups in total. The molecule has 0 unspecified atom stereocenters. The Hall–Kier alpha value is -4.14. The molecule has 2 saturated heterocycles. The van der Waals surface area contributed by atoms with Crippen molar-refractivity contribution in [3.8, 4) is 11.8 Å². The summed E-state index contributed by atoms with van der Waals surface area (Å²) in [7, 11) is 1.60. The first-order valence-corrected chi connectivity index (χ1v) is 15.8. The first-order valence-electron chi connectivity index (χ1n) is 14.6. The molecule has 5 rings (SSSR count). The Labute approximate surface area is 266 Å². The number of unbranched alkanes of at least 4 members (excludes halogenated alkanes) is 1. The number of carbonyl (C=O) groups is 1. The van der Waals surface area contributed by atoms with Gasteiger partial charge in [-0.25, -0.2) is 4.39 Å². The molecule has 1 amide bonds. The summed E-state index contributed by atoms with van der Waals surface area (Å²) in [4.78, 5) is 33.5. The highest BCUT2D eigenvalue weighted by Gasteiger charge is 2.34. The molecule has 2 aliphatic heterocycles. The number of pyridine rings is 1. The second-order valence-corrected chi connectivity index (χ2v) is 12.4. The third-order valence-corrected chi connectivity index (χ3v) is 9.38. The zero-order valence-corrected chi connectivity index (χ0v) is 26.6. The van der Waals surface area contributed by atoms with Crippen LogP contribution in [0.4, 0.5) is 15.9 Å². The molecular formula is C33H34FN5O3S2. The highest BCUT2D eigenvalue weighted by atomic mass is 32.2. The summed E-state index contributed by atoms with van der Waals surface area (Å²) in [5.41, 5.74) is 2.36. The standard InChI is InChI=1S/C33H34FN5O3S2/c1-4-5-14-38-30(37-17-15-36(16-18-37)28-9-7-6-8-27(28)34)25(22(2)26(20-35)31(38)40)19-29-32(41)39(33(43)44-29)21-23-10-12-24(42-3)13-11-23/h6-13,19H,4-5,14-18,21H2,1-3H3. The number of hydrogen-bond donors (Lipinski definition) is 0. The monoisotopic (exact) mass is 631 g/mol. The van der Waals surface area contributed by atoms with Crippen molar-refractivity contribution in [1.29, 1.82) is 5.26 Å². The van der Waals surface area contributed by atoms with Gasteiger partial charge in [0, 0.05) is 38.3 Å². The lowest BCUT2D eigenvalue weighted by molar-refractivity contribution is -0.122. The second-order valence-electron chi connectivity index (χ2n) is 10.7. The van der Waals surface area contributed by atoms with E-state index in [4.69, 9.17) is 17.0 Å². The third kappa shape index (κ3) is 6.23. The van der Waals surface area contributed by atoms with Gasteiger partial charge >= 0.3 is 0 Å². The van der Waals surface area contributed by atoms with Crippen LogP contribution in [0.1, 0.15) is 42.0 Å². The van der Waals surface area contributed by atoms with Crippen LogP contribution in [-0.2, 0) is 17.9 Å². The fourth-order valence-corrected chi connectivity index (χ4v) is 6.79. The van der Waals surface area contributed by atoms with Crippen LogP contribution in [0.5, 0.6) is 5.75 Å². The number of aromatic nitrogens is 1. The zero-order chi connectivity index (χ0) is 31.4. The molecule has 2 aliphatic rings. The summed E-state index contributed by atoms with van der Waals surface area (Å²) in [5.74, 6) is 0.902. The predicted octanol–water partition coefficient (Wildman–Crippen LogP) is 5.70. The van der Waals surface area contributed by atoms with Gasteiger partial charge in [0.1, 0.15) is 33.3 Å². The van der Waals surface area contributed by atoms with E-state index in [1.165, 1.54) is 17.8 Å². The lowest BCUT2D eigenvalue weighted by atomic mass is 10.0. The molecule has 2 aromatic carbocycles. The van der Waals surface area contributed by atoms with Gasteiger partial charge in [0.2, 0.25) is 0 Å². The molecule has 1 aromatic heterocycles. The summed E-state index contributed by atoms with van der Waals surface area (Å²) < 4.78 is 21.9. The van der Waals surface area contributed by atoms with E-state index in [0.29, 0.717) is 71.1 Å². The molecule has 0 aliphatic carbocycles. The first kappa shape index (κ1) is 31.3. The average molecular weight is 632 g/mol. The summed E-state index contributed by atoms with van der Waals surface area (Å²) in [6, 6.07) is 16.3. The number of carbonyl (C=O) groups excluding carboxylic acids is 1. The number of nitrogens with zero attached hydrogens (tertiary/aromatic N) is 5. The number of nitriles is 1. The number of thioether (sulfide) groups is 1. The van der Waals surface area contributed by atoms with Crippen molar-refractivity contribution in [3.63, 3.8) is 0 Å². The van der Waals surface area contributed by atoms with Crippen molar-refractivity contribution in [1.82, 2.24) is 9.47 Å². The van der Waals surface area contributed by atoms with E-state index in [0.717, 1.165) is 24.2 Å². The number of piperazine rings is 1. The van der Waals surface area contributed by atoms with E-state index in [1.54, 1.807) is 41.7 Å². The van der Waals surface area contributed by atoms with Crippen molar-refractivity contribution in [3.05, 3.63) is 91.9 Å². The lowest BCUT2D eigenvalue weighted by Crippen LogP contribution is -2.49. The molecule has 3 heterocycles. The van der Waals surface area contributed by atoms with E-state index < -0.39 is 0 Å². The molecule has 0 spiro atoms. The number of amides is 1. The predicted molar refractivity (Wildman–Crippen MR) is 178 cm³/mol. The molecule has 228 valence electrons. The van der Waals surface area contributed by atoms with Crippen molar-refractivity contribution in [2.75, 3.05) is 43.1 Å². The summed E-state index contributed by atoms with van der Waals surface area (Å²) in [6.07, 6.45) is 3.39. The highest BCUT2D eigenvalue weighted by molar-refractivity contribution is 8.26. The maximum atomic E-state index is 14.6. The normalized spacial score (nSPS) is 16.2. The van der Waals surface area contributed by atoms with Crippen LogP contribution >= 0.6 is 24.0 Å². The maximum Gasteiger partial charge on any atom is 0.270 e. The Morgan fingerprint density at radius 2 is 1.75 bits per heavy atom. The van der Waals surface area contributed by atoms with Gasteiger partial charge in [0.05, 0.1) is 24.2 Å². The van der Waals surface area contributed by atoms with Gasteiger partial charge in [-0.3, -0.25) is 19.1 Å². The van der Waals surface area contributed by atoms with Crippen molar-refractivity contribution in [2.24, 2.45) is 0 Å². The number of methoxy groups -OCH3 is 1. The van der Waals surface area contributed by atoms with E-state index >= 15 is 0 Å². The number of anilines is 2. The van der Waals surface area contributed by atoms with Gasteiger partial charge in [-0.05, 0) is 54.8 Å². The van der Waals surface area contributed by atoms with Crippen molar-refractivity contribution < 1.29 is 13.9 Å². The molecular weight excluding hydrogens is 598 g/mol. The minimum absolute atomic E-state index is 0.0646. The summed E-state index contributed by atoms with van der Waals surface area (Å²) in [5, 5.41) is 10.0. The van der Waals surface area contributed by atoms with Crippen LogP contribution in [-0.4, -0.2) is 53.0 Å². The van der Waals surface area contributed by atoms with Crippen LogP contribution in [0, 0.1) is 24.1 Å². The Bertz CT molecular complexity index is 1710.